The number of unbranched alkanes of at least 4 members (excludes halogenated alkanes) is 1. The number of aromatic nitrogens is 2. The van der Waals surface area contributed by atoms with Crippen LogP contribution >= 0.6 is 0 Å². The Bertz CT molecular complexity index is 763. The van der Waals surface area contributed by atoms with Crippen LogP contribution < -0.4 is 4.74 Å². The van der Waals surface area contributed by atoms with E-state index in [0.29, 0.717) is 36.3 Å². The predicted octanol–water partition coefficient (Wildman–Crippen LogP) is 4.00. The van der Waals surface area contributed by atoms with Crippen molar-refractivity contribution >= 4 is 0 Å². The van der Waals surface area contributed by atoms with Crippen molar-refractivity contribution in [1.29, 1.82) is 0 Å². The molecule has 0 fully saturated rings. The molecule has 5 nitrogen and oxygen atoms in total. The number of benzene rings is 1. The molecule has 0 saturated carbocycles. The highest BCUT2D eigenvalue weighted by Crippen LogP contribution is 2.33. The maximum Gasteiger partial charge on any atom is 0.471 e. The Kier molecular flexibility index (Phi) is 6.04. The Morgan fingerprint density at radius 1 is 1.32 bits per heavy atom. The predicted molar refractivity (Wildman–Crippen MR) is 83.7 cm³/mol. The lowest BCUT2D eigenvalue weighted by Crippen LogP contribution is -2.05. The summed E-state index contributed by atoms with van der Waals surface area (Å²) in [5, 5.41) is 3.40. The molecule has 2 aromatic rings. The Morgan fingerprint density at radius 2 is 2.08 bits per heavy atom. The van der Waals surface area contributed by atoms with E-state index in [-0.39, 0.29) is 12.4 Å². The molecule has 25 heavy (non-hydrogen) atoms. The van der Waals surface area contributed by atoms with Crippen LogP contribution in [-0.2, 0) is 17.5 Å². The fraction of sp³-hybridized carbons (Fsp3) is 0.412. The van der Waals surface area contributed by atoms with Gasteiger partial charge >= 0.3 is 12.1 Å². The van der Waals surface area contributed by atoms with Crippen LogP contribution in [0.5, 0.6) is 5.75 Å². The zero-order valence-corrected chi connectivity index (χ0v) is 13.8. The van der Waals surface area contributed by atoms with E-state index in [4.69, 9.17) is 15.9 Å². The molecule has 0 atom stereocenters. The average molecular weight is 354 g/mol. The van der Waals surface area contributed by atoms with Crippen molar-refractivity contribution in [2.45, 2.75) is 32.5 Å². The van der Waals surface area contributed by atoms with Crippen molar-refractivity contribution in [2.75, 3.05) is 13.7 Å². The lowest BCUT2D eigenvalue weighted by atomic mass is 10.0. The van der Waals surface area contributed by atoms with Gasteiger partial charge in [-0.2, -0.15) is 18.2 Å². The fourth-order valence-corrected chi connectivity index (χ4v) is 2.25. The topological polar surface area (TPSA) is 57.4 Å². The van der Waals surface area contributed by atoms with E-state index in [1.807, 2.05) is 0 Å². The highest BCUT2D eigenvalue weighted by atomic mass is 19.4. The van der Waals surface area contributed by atoms with Crippen LogP contribution in [0, 0.1) is 19.3 Å². The standard InChI is InChI=1S/C17H17F3N2O3/c1-4-5-6-7-24-14-11(2)8-12(9-13(14)10-23-3)15-21-16(25-22-15)17(18,19)20/h1,8-9H,5-7,10H2,2-3H3. The molecule has 0 bridgehead atoms. The van der Waals surface area contributed by atoms with Gasteiger partial charge in [0.2, 0.25) is 5.82 Å². The fourth-order valence-electron chi connectivity index (χ4n) is 2.25. The first-order valence-corrected chi connectivity index (χ1v) is 7.46. The SMILES string of the molecule is C#CCCCOc1c(C)cc(-c2noc(C(F)(F)F)n2)cc1COC. The monoisotopic (exact) mass is 354 g/mol. The zero-order chi connectivity index (χ0) is 18.4. The summed E-state index contributed by atoms with van der Waals surface area (Å²) < 4.78 is 53.0. The molecular weight excluding hydrogens is 337 g/mol. The van der Waals surface area contributed by atoms with Gasteiger partial charge < -0.3 is 14.0 Å². The highest BCUT2D eigenvalue weighted by molar-refractivity contribution is 5.61. The second kappa shape index (κ2) is 8.03. The van der Waals surface area contributed by atoms with Gasteiger partial charge in [-0.3, -0.25) is 0 Å². The second-order valence-corrected chi connectivity index (χ2v) is 5.29. The van der Waals surface area contributed by atoms with Crippen molar-refractivity contribution in [3.05, 3.63) is 29.2 Å². The normalized spacial score (nSPS) is 11.4. The summed E-state index contributed by atoms with van der Waals surface area (Å²) in [6.45, 7) is 2.44. The van der Waals surface area contributed by atoms with Crippen LogP contribution in [0.15, 0.2) is 16.7 Å². The van der Waals surface area contributed by atoms with Gasteiger partial charge in [-0.05, 0) is 31.0 Å². The van der Waals surface area contributed by atoms with Crippen molar-refractivity contribution < 1.29 is 27.2 Å². The quantitative estimate of drug-likeness (QED) is 0.556. The first-order chi connectivity index (χ1) is 11.9. The molecule has 0 unspecified atom stereocenters. The number of terminal acetylenes is 1. The molecule has 134 valence electrons. The Hall–Kier alpha value is -2.53. The minimum atomic E-state index is -4.68. The van der Waals surface area contributed by atoms with E-state index in [2.05, 4.69) is 20.6 Å². The third-order valence-corrected chi connectivity index (χ3v) is 3.29. The van der Waals surface area contributed by atoms with Crippen LogP contribution in [0.1, 0.15) is 29.9 Å². The number of aryl methyl sites for hydroxylation is 1. The lowest BCUT2D eigenvalue weighted by Gasteiger charge is -2.15. The maximum atomic E-state index is 12.6. The van der Waals surface area contributed by atoms with Crippen LogP contribution in [0.4, 0.5) is 13.2 Å². The highest BCUT2D eigenvalue weighted by Gasteiger charge is 2.38. The average Bonchev–Trinajstić information content (AvgIpc) is 3.03. The first-order valence-electron chi connectivity index (χ1n) is 7.46. The van der Waals surface area contributed by atoms with Crippen LogP contribution in [-0.4, -0.2) is 23.9 Å². The molecule has 1 aromatic heterocycles. The van der Waals surface area contributed by atoms with Crippen molar-refractivity contribution in [3.8, 4) is 29.5 Å². The van der Waals surface area contributed by atoms with E-state index in [1.54, 1.807) is 19.1 Å². The number of methoxy groups -OCH3 is 1. The summed E-state index contributed by atoms with van der Waals surface area (Å²) in [5.74, 6) is 1.61. The van der Waals surface area contributed by atoms with Crippen LogP contribution in [0.2, 0.25) is 0 Å². The summed E-state index contributed by atoms with van der Waals surface area (Å²) in [4.78, 5) is 3.40. The van der Waals surface area contributed by atoms with E-state index in [0.717, 1.165) is 5.56 Å². The molecule has 0 saturated heterocycles. The molecule has 0 spiro atoms. The second-order valence-electron chi connectivity index (χ2n) is 5.29. The molecule has 0 aliphatic heterocycles. The van der Waals surface area contributed by atoms with Crippen LogP contribution in [0.25, 0.3) is 11.4 Å². The van der Waals surface area contributed by atoms with E-state index in [1.165, 1.54) is 7.11 Å². The summed E-state index contributed by atoms with van der Waals surface area (Å²) in [6.07, 6.45) is 1.81. The Morgan fingerprint density at radius 3 is 2.68 bits per heavy atom. The first kappa shape index (κ1) is 18.8. The van der Waals surface area contributed by atoms with Crippen LogP contribution in [0.3, 0.4) is 0 Å². The Labute approximate surface area is 143 Å². The number of ether oxygens (including phenoxy) is 2. The largest absolute Gasteiger partial charge is 0.493 e. The van der Waals surface area contributed by atoms with Gasteiger partial charge in [0.15, 0.2) is 0 Å². The molecule has 8 heteroatoms. The molecule has 1 heterocycles. The number of hydrogen-bond donors (Lipinski definition) is 0. The van der Waals surface area contributed by atoms with E-state index in [9.17, 15) is 13.2 Å². The van der Waals surface area contributed by atoms with Crippen molar-refractivity contribution in [3.63, 3.8) is 0 Å². The molecule has 2 rings (SSSR count). The third-order valence-electron chi connectivity index (χ3n) is 3.29. The van der Waals surface area contributed by atoms with Crippen molar-refractivity contribution in [2.24, 2.45) is 0 Å². The molecule has 1 aromatic carbocycles. The minimum Gasteiger partial charge on any atom is -0.493 e. The summed E-state index contributed by atoms with van der Waals surface area (Å²) in [6, 6.07) is 3.26. The number of nitrogens with zero attached hydrogens (tertiary/aromatic N) is 2. The third kappa shape index (κ3) is 4.73. The molecule has 0 amide bonds. The number of hydrogen-bond acceptors (Lipinski definition) is 5. The number of halogens is 3. The van der Waals surface area contributed by atoms with Gasteiger partial charge in [0.1, 0.15) is 5.75 Å². The number of rotatable bonds is 7. The van der Waals surface area contributed by atoms with E-state index >= 15 is 0 Å². The van der Waals surface area contributed by atoms with E-state index < -0.39 is 12.1 Å². The van der Waals surface area contributed by atoms with Gasteiger partial charge in [0.25, 0.3) is 0 Å². The molecule has 0 aliphatic carbocycles. The zero-order valence-electron chi connectivity index (χ0n) is 13.8. The van der Waals surface area contributed by atoms with Gasteiger partial charge in [-0.25, -0.2) is 0 Å². The smallest absolute Gasteiger partial charge is 0.471 e. The number of alkyl halides is 3. The van der Waals surface area contributed by atoms with Gasteiger partial charge in [0, 0.05) is 24.7 Å². The van der Waals surface area contributed by atoms with Gasteiger partial charge in [0.05, 0.1) is 13.2 Å². The molecule has 0 aliphatic rings. The summed E-state index contributed by atoms with van der Waals surface area (Å²) in [5.41, 5.74) is 1.79. The summed E-state index contributed by atoms with van der Waals surface area (Å²) >= 11 is 0. The lowest BCUT2D eigenvalue weighted by molar-refractivity contribution is -0.159. The molecule has 0 N–H and O–H groups in total. The summed E-state index contributed by atoms with van der Waals surface area (Å²) in [7, 11) is 1.51. The minimum absolute atomic E-state index is 0.147. The maximum absolute atomic E-state index is 12.6. The van der Waals surface area contributed by atoms with Crippen molar-refractivity contribution in [1.82, 2.24) is 10.1 Å². The molecular formula is C17H17F3N2O3. The Balaban J connectivity index is 2.31. The van der Waals surface area contributed by atoms with Gasteiger partial charge in [-0.15, -0.1) is 12.3 Å². The van der Waals surface area contributed by atoms with Gasteiger partial charge in [-0.1, -0.05) is 5.16 Å². The molecule has 0 radical (unpaired) electrons.